The van der Waals surface area contributed by atoms with Crippen LogP contribution in [0, 0.1) is 6.92 Å². The summed E-state index contributed by atoms with van der Waals surface area (Å²) in [6, 6.07) is 9.90. The van der Waals surface area contributed by atoms with Gasteiger partial charge in [-0.05, 0) is 60.8 Å². The van der Waals surface area contributed by atoms with Crippen LogP contribution in [-0.4, -0.2) is 11.7 Å². The maximum absolute atomic E-state index is 5.92. The zero-order chi connectivity index (χ0) is 13.7. The molecule has 0 saturated heterocycles. The van der Waals surface area contributed by atoms with Crippen LogP contribution in [0.2, 0.25) is 5.02 Å². The number of thiophene rings is 1. The lowest BCUT2D eigenvalue weighted by molar-refractivity contribution is 0.885. The monoisotopic (exact) mass is 310 g/mol. The highest BCUT2D eigenvalue weighted by atomic mass is 35.5. The third-order valence-corrected chi connectivity index (χ3v) is 4.09. The van der Waals surface area contributed by atoms with E-state index in [1.807, 2.05) is 25.1 Å². The average Bonchev–Trinajstić information content (AvgIpc) is 2.86. The fraction of sp³-hybridized carbons (Fsp3) is 0.214. The van der Waals surface area contributed by atoms with Crippen molar-refractivity contribution in [2.75, 3.05) is 11.9 Å². The number of hydrogen-bond acceptors (Lipinski definition) is 2. The van der Waals surface area contributed by atoms with Gasteiger partial charge in [-0.3, -0.25) is 0 Å². The average molecular weight is 311 g/mol. The van der Waals surface area contributed by atoms with E-state index in [-0.39, 0.29) is 0 Å². The van der Waals surface area contributed by atoms with E-state index in [0.717, 1.165) is 29.2 Å². The molecule has 1 heterocycles. The Morgan fingerprint density at radius 2 is 2.21 bits per heavy atom. The first-order chi connectivity index (χ1) is 9.15. The third-order valence-electron chi connectivity index (χ3n) is 2.67. The predicted octanol–water partition coefficient (Wildman–Crippen LogP) is 4.24. The highest BCUT2D eigenvalue weighted by Crippen LogP contribution is 2.19. The van der Waals surface area contributed by atoms with Gasteiger partial charge in [0, 0.05) is 22.1 Å². The molecule has 0 amide bonds. The summed E-state index contributed by atoms with van der Waals surface area (Å²) < 4.78 is 0. The maximum atomic E-state index is 5.92. The van der Waals surface area contributed by atoms with Gasteiger partial charge in [-0.25, -0.2) is 0 Å². The third kappa shape index (κ3) is 4.49. The van der Waals surface area contributed by atoms with E-state index in [9.17, 15) is 0 Å². The molecule has 0 atom stereocenters. The zero-order valence-corrected chi connectivity index (χ0v) is 13.0. The summed E-state index contributed by atoms with van der Waals surface area (Å²) in [7, 11) is 0. The smallest absolute Gasteiger partial charge is 0.170 e. The molecule has 0 radical (unpaired) electrons. The Hall–Kier alpha value is -1.10. The first kappa shape index (κ1) is 14.3. The number of halogens is 1. The summed E-state index contributed by atoms with van der Waals surface area (Å²) in [5.41, 5.74) is 2.06. The van der Waals surface area contributed by atoms with Gasteiger partial charge in [0.1, 0.15) is 0 Å². The van der Waals surface area contributed by atoms with Crippen LogP contribution in [0.15, 0.2) is 35.7 Å². The Morgan fingerprint density at radius 1 is 1.37 bits per heavy atom. The Kier molecular flexibility index (Phi) is 5.19. The molecular weight excluding hydrogens is 296 g/mol. The molecule has 0 unspecified atom stereocenters. The summed E-state index contributed by atoms with van der Waals surface area (Å²) in [5.74, 6) is 0. The molecule has 2 nitrogen and oxygen atoms in total. The number of anilines is 1. The molecule has 0 bridgehead atoms. The van der Waals surface area contributed by atoms with Gasteiger partial charge in [-0.15, -0.1) is 11.3 Å². The lowest BCUT2D eigenvalue weighted by Gasteiger charge is -2.12. The van der Waals surface area contributed by atoms with E-state index in [1.165, 1.54) is 4.88 Å². The van der Waals surface area contributed by atoms with E-state index >= 15 is 0 Å². The number of benzene rings is 1. The molecule has 5 heteroatoms. The molecule has 2 N–H and O–H groups in total. The van der Waals surface area contributed by atoms with Crippen molar-refractivity contribution in [3.63, 3.8) is 0 Å². The van der Waals surface area contributed by atoms with Gasteiger partial charge in [-0.1, -0.05) is 17.7 Å². The fourth-order valence-electron chi connectivity index (χ4n) is 1.69. The van der Waals surface area contributed by atoms with Crippen LogP contribution in [0.1, 0.15) is 10.4 Å². The molecular formula is C14H15ClN2S2. The molecule has 0 saturated carbocycles. The van der Waals surface area contributed by atoms with Gasteiger partial charge >= 0.3 is 0 Å². The van der Waals surface area contributed by atoms with Crippen molar-refractivity contribution >= 4 is 46.0 Å². The predicted molar refractivity (Wildman–Crippen MR) is 88.4 cm³/mol. The van der Waals surface area contributed by atoms with E-state index < -0.39 is 0 Å². The van der Waals surface area contributed by atoms with Crippen LogP contribution >= 0.6 is 35.2 Å². The van der Waals surface area contributed by atoms with Gasteiger partial charge in [-0.2, -0.15) is 0 Å². The van der Waals surface area contributed by atoms with Gasteiger partial charge in [0.25, 0.3) is 0 Å². The van der Waals surface area contributed by atoms with Crippen molar-refractivity contribution in [3.8, 4) is 0 Å². The largest absolute Gasteiger partial charge is 0.362 e. The summed E-state index contributed by atoms with van der Waals surface area (Å²) in [6.45, 7) is 2.83. The molecule has 0 aliphatic carbocycles. The van der Waals surface area contributed by atoms with E-state index in [0.29, 0.717) is 5.11 Å². The first-order valence-electron chi connectivity index (χ1n) is 5.98. The van der Waals surface area contributed by atoms with Gasteiger partial charge in [0.2, 0.25) is 0 Å². The molecule has 2 rings (SSSR count). The molecule has 100 valence electrons. The highest BCUT2D eigenvalue weighted by Gasteiger charge is 2.02. The SMILES string of the molecule is Cc1cc(Cl)ccc1NC(=S)NCCc1cccs1. The maximum Gasteiger partial charge on any atom is 0.170 e. The second-order valence-corrected chi connectivity index (χ2v) is 6.05. The molecule has 0 aliphatic rings. The molecule has 2 aromatic rings. The van der Waals surface area contributed by atoms with Gasteiger partial charge in [0.15, 0.2) is 5.11 Å². The minimum atomic E-state index is 0.641. The van der Waals surface area contributed by atoms with Crippen molar-refractivity contribution in [1.82, 2.24) is 5.32 Å². The van der Waals surface area contributed by atoms with Crippen molar-refractivity contribution in [1.29, 1.82) is 0 Å². The summed E-state index contributed by atoms with van der Waals surface area (Å²) in [5, 5.41) is 9.85. The molecule has 0 aliphatic heterocycles. The fourth-order valence-corrected chi connectivity index (χ4v) is 2.84. The standard InChI is InChI=1S/C14H15ClN2S2/c1-10-9-11(15)4-5-13(10)17-14(18)16-7-6-12-3-2-8-19-12/h2-5,8-9H,6-7H2,1H3,(H2,16,17,18). The van der Waals surface area contributed by atoms with Crippen molar-refractivity contribution < 1.29 is 0 Å². The van der Waals surface area contributed by atoms with Crippen molar-refractivity contribution in [3.05, 3.63) is 51.2 Å². The van der Waals surface area contributed by atoms with E-state index in [1.54, 1.807) is 11.3 Å². The number of thiocarbonyl (C=S) groups is 1. The lowest BCUT2D eigenvalue weighted by Crippen LogP contribution is -2.30. The van der Waals surface area contributed by atoms with Crippen LogP contribution in [0.3, 0.4) is 0 Å². The van der Waals surface area contributed by atoms with E-state index in [2.05, 4.69) is 28.1 Å². The normalized spacial score (nSPS) is 10.2. The molecule has 1 aromatic carbocycles. The summed E-state index contributed by atoms with van der Waals surface area (Å²) >= 11 is 13.0. The summed E-state index contributed by atoms with van der Waals surface area (Å²) in [4.78, 5) is 1.36. The zero-order valence-electron chi connectivity index (χ0n) is 10.6. The number of rotatable bonds is 4. The Bertz CT molecular complexity index is 553. The van der Waals surface area contributed by atoms with Gasteiger partial charge in [0.05, 0.1) is 0 Å². The topological polar surface area (TPSA) is 24.1 Å². The van der Waals surface area contributed by atoms with Crippen molar-refractivity contribution in [2.45, 2.75) is 13.3 Å². The highest BCUT2D eigenvalue weighted by molar-refractivity contribution is 7.80. The second-order valence-electron chi connectivity index (χ2n) is 4.17. The minimum Gasteiger partial charge on any atom is -0.362 e. The molecule has 1 aromatic heterocycles. The Balaban J connectivity index is 1.80. The molecule has 0 fully saturated rings. The van der Waals surface area contributed by atoms with Crippen LogP contribution in [0.5, 0.6) is 0 Å². The number of aryl methyl sites for hydroxylation is 1. The molecule has 19 heavy (non-hydrogen) atoms. The van der Waals surface area contributed by atoms with Gasteiger partial charge < -0.3 is 10.6 Å². The minimum absolute atomic E-state index is 0.641. The van der Waals surface area contributed by atoms with Crippen molar-refractivity contribution in [2.24, 2.45) is 0 Å². The summed E-state index contributed by atoms with van der Waals surface area (Å²) in [6.07, 6.45) is 0.985. The van der Waals surface area contributed by atoms with Crippen LogP contribution in [0.4, 0.5) is 5.69 Å². The van der Waals surface area contributed by atoms with Crippen LogP contribution < -0.4 is 10.6 Å². The Labute approximate surface area is 127 Å². The lowest BCUT2D eigenvalue weighted by atomic mass is 10.2. The molecule has 0 spiro atoms. The Morgan fingerprint density at radius 3 is 2.89 bits per heavy atom. The number of hydrogen-bond donors (Lipinski definition) is 2. The van der Waals surface area contributed by atoms with E-state index in [4.69, 9.17) is 23.8 Å². The van der Waals surface area contributed by atoms with Crippen LogP contribution in [0.25, 0.3) is 0 Å². The quantitative estimate of drug-likeness (QED) is 0.826. The number of nitrogens with one attached hydrogen (secondary N) is 2. The first-order valence-corrected chi connectivity index (χ1v) is 7.65. The van der Waals surface area contributed by atoms with Crippen LogP contribution in [-0.2, 0) is 6.42 Å². The second kappa shape index (κ2) is 6.89.